The summed E-state index contributed by atoms with van der Waals surface area (Å²) in [5.41, 5.74) is 0.783. The normalized spacial score (nSPS) is 11.4. The summed E-state index contributed by atoms with van der Waals surface area (Å²) in [6, 6.07) is 5.03. The Labute approximate surface area is 145 Å². The average molecular weight is 392 g/mol. The van der Waals surface area contributed by atoms with E-state index in [2.05, 4.69) is 15.9 Å². The number of halogens is 3. The van der Waals surface area contributed by atoms with Gasteiger partial charge >= 0.3 is 6.09 Å². The molecule has 0 unspecified atom stereocenters. The fraction of sp³-hybridized carbons (Fsp3) is 0.588. The van der Waals surface area contributed by atoms with Crippen LogP contribution >= 0.6 is 15.9 Å². The molecule has 130 valence electrons. The molecular weight excluding hydrogens is 368 g/mol. The van der Waals surface area contributed by atoms with Crippen LogP contribution in [0.25, 0.3) is 0 Å². The molecule has 0 saturated heterocycles. The molecule has 0 N–H and O–H groups in total. The van der Waals surface area contributed by atoms with Gasteiger partial charge in [0.1, 0.15) is 11.4 Å². The number of hydrogen-bond acceptors (Lipinski definition) is 2. The molecule has 3 nitrogen and oxygen atoms in total. The van der Waals surface area contributed by atoms with Crippen LogP contribution in [0, 0.1) is 5.82 Å². The van der Waals surface area contributed by atoms with Gasteiger partial charge in [0.25, 0.3) is 0 Å². The number of benzene rings is 1. The zero-order valence-corrected chi connectivity index (χ0v) is 15.5. The molecule has 0 atom stereocenters. The Morgan fingerprint density at radius 2 is 2.00 bits per heavy atom. The van der Waals surface area contributed by atoms with E-state index in [1.807, 2.05) is 6.07 Å². The topological polar surface area (TPSA) is 29.5 Å². The predicted octanol–water partition coefficient (Wildman–Crippen LogP) is 4.86. The van der Waals surface area contributed by atoms with E-state index in [1.54, 1.807) is 26.8 Å². The summed E-state index contributed by atoms with van der Waals surface area (Å²) in [6.07, 6.45) is 0.282. The van der Waals surface area contributed by atoms with E-state index in [0.29, 0.717) is 23.9 Å². The number of rotatable bonds is 7. The summed E-state index contributed by atoms with van der Waals surface area (Å²) in [6.45, 7) is 5.51. The molecular formula is C17H24BrF2NO2. The van der Waals surface area contributed by atoms with Gasteiger partial charge in [-0.1, -0.05) is 28.1 Å². The number of amides is 1. The number of nitrogens with zero attached hydrogens (tertiary/aromatic N) is 1. The minimum absolute atomic E-state index is 0.260. The first-order valence-electron chi connectivity index (χ1n) is 7.64. The lowest BCUT2D eigenvalue weighted by molar-refractivity contribution is 0.0247. The van der Waals surface area contributed by atoms with Crippen molar-refractivity contribution in [1.82, 2.24) is 4.90 Å². The van der Waals surface area contributed by atoms with E-state index in [0.717, 1.165) is 5.56 Å². The molecule has 0 radical (unpaired) electrons. The fourth-order valence-electron chi connectivity index (χ4n) is 1.99. The van der Waals surface area contributed by atoms with Gasteiger partial charge in [-0.2, -0.15) is 0 Å². The minimum Gasteiger partial charge on any atom is -0.444 e. The van der Waals surface area contributed by atoms with Gasteiger partial charge < -0.3 is 9.64 Å². The highest BCUT2D eigenvalue weighted by Crippen LogP contribution is 2.15. The maximum atomic E-state index is 13.8. The third-order valence-electron chi connectivity index (χ3n) is 3.15. The molecule has 1 aromatic rings. The highest BCUT2D eigenvalue weighted by molar-refractivity contribution is 9.08. The maximum Gasteiger partial charge on any atom is 0.410 e. The second-order valence-electron chi connectivity index (χ2n) is 6.32. The molecule has 0 saturated carbocycles. The van der Waals surface area contributed by atoms with Crippen molar-refractivity contribution in [2.75, 3.05) is 19.8 Å². The van der Waals surface area contributed by atoms with Crippen LogP contribution in [0.4, 0.5) is 13.6 Å². The Balaban J connectivity index is 2.70. The molecule has 0 aliphatic heterocycles. The molecule has 1 aromatic carbocycles. The van der Waals surface area contributed by atoms with Crippen LogP contribution in [-0.4, -0.2) is 36.4 Å². The lowest BCUT2D eigenvalue weighted by atomic mass is 10.1. The van der Waals surface area contributed by atoms with Gasteiger partial charge in [-0.3, -0.25) is 4.39 Å². The quantitative estimate of drug-likeness (QED) is 0.621. The third-order valence-corrected chi connectivity index (χ3v) is 3.75. The molecule has 0 spiro atoms. The van der Waals surface area contributed by atoms with Gasteiger partial charge in [-0.05, 0) is 50.8 Å². The highest BCUT2D eigenvalue weighted by atomic mass is 79.9. The Kier molecular flexibility index (Phi) is 7.95. The van der Waals surface area contributed by atoms with Crippen LogP contribution < -0.4 is 0 Å². The third kappa shape index (κ3) is 7.29. The summed E-state index contributed by atoms with van der Waals surface area (Å²) < 4.78 is 31.5. The smallest absolute Gasteiger partial charge is 0.410 e. The summed E-state index contributed by atoms with van der Waals surface area (Å²) >= 11 is 3.23. The van der Waals surface area contributed by atoms with Gasteiger partial charge in [0.05, 0.1) is 6.67 Å². The molecule has 0 aliphatic carbocycles. The first kappa shape index (κ1) is 19.9. The van der Waals surface area contributed by atoms with Gasteiger partial charge in [0.2, 0.25) is 0 Å². The maximum absolute atomic E-state index is 13.8. The lowest BCUT2D eigenvalue weighted by Crippen LogP contribution is -2.38. The van der Waals surface area contributed by atoms with Crippen LogP contribution in [0.2, 0.25) is 0 Å². The van der Waals surface area contributed by atoms with Crippen LogP contribution in [0.15, 0.2) is 18.2 Å². The van der Waals surface area contributed by atoms with Gasteiger partial charge in [0, 0.05) is 18.4 Å². The Bertz CT molecular complexity index is 518. The average Bonchev–Trinajstić information content (AvgIpc) is 2.45. The van der Waals surface area contributed by atoms with E-state index in [-0.39, 0.29) is 18.8 Å². The molecule has 0 heterocycles. The molecule has 1 rings (SSSR count). The van der Waals surface area contributed by atoms with E-state index < -0.39 is 18.4 Å². The van der Waals surface area contributed by atoms with Gasteiger partial charge in [0.15, 0.2) is 0 Å². The van der Waals surface area contributed by atoms with Crippen molar-refractivity contribution in [3.05, 3.63) is 35.1 Å². The zero-order valence-electron chi connectivity index (χ0n) is 13.9. The van der Waals surface area contributed by atoms with E-state index in [9.17, 15) is 13.6 Å². The van der Waals surface area contributed by atoms with Crippen LogP contribution in [0.3, 0.4) is 0 Å². The van der Waals surface area contributed by atoms with Crippen molar-refractivity contribution in [2.45, 2.75) is 44.5 Å². The van der Waals surface area contributed by atoms with Crippen molar-refractivity contribution in [1.29, 1.82) is 0 Å². The van der Waals surface area contributed by atoms with E-state index >= 15 is 0 Å². The number of carbonyl (C=O) groups excluding carboxylic acids is 1. The summed E-state index contributed by atoms with van der Waals surface area (Å²) in [5, 5.41) is 0.458. The second kappa shape index (κ2) is 9.21. The predicted molar refractivity (Wildman–Crippen MR) is 91.1 cm³/mol. The number of alkyl halides is 2. The largest absolute Gasteiger partial charge is 0.444 e. The molecule has 23 heavy (non-hydrogen) atoms. The fourth-order valence-corrected chi connectivity index (χ4v) is 2.44. The summed E-state index contributed by atoms with van der Waals surface area (Å²) in [4.78, 5) is 13.6. The van der Waals surface area contributed by atoms with Crippen molar-refractivity contribution in [2.24, 2.45) is 0 Å². The van der Waals surface area contributed by atoms with Gasteiger partial charge in [-0.15, -0.1) is 0 Å². The Hall–Kier alpha value is -1.17. The van der Waals surface area contributed by atoms with Crippen molar-refractivity contribution in [3.63, 3.8) is 0 Å². The number of carbonyl (C=O) groups is 1. The van der Waals surface area contributed by atoms with Gasteiger partial charge in [-0.25, -0.2) is 9.18 Å². The zero-order chi connectivity index (χ0) is 17.5. The van der Waals surface area contributed by atoms with Crippen molar-refractivity contribution in [3.8, 4) is 0 Å². The second-order valence-corrected chi connectivity index (χ2v) is 6.88. The first-order valence-corrected chi connectivity index (χ1v) is 8.76. The lowest BCUT2D eigenvalue weighted by Gasteiger charge is -2.27. The first-order chi connectivity index (χ1) is 10.8. The Morgan fingerprint density at radius 1 is 1.30 bits per heavy atom. The van der Waals surface area contributed by atoms with Crippen molar-refractivity contribution < 1.29 is 18.3 Å². The van der Waals surface area contributed by atoms with E-state index in [4.69, 9.17) is 4.74 Å². The molecule has 1 amide bonds. The summed E-state index contributed by atoms with van der Waals surface area (Å²) in [5.74, 6) is -0.271. The minimum atomic E-state index is -0.602. The van der Waals surface area contributed by atoms with Crippen LogP contribution in [0.1, 0.15) is 38.3 Å². The molecule has 6 heteroatoms. The molecule has 0 fully saturated rings. The SMILES string of the molecule is CC(C)(C)OC(=O)N(CCCF)CCc1ccc(CBr)c(F)c1. The standard InChI is InChI=1S/C17H24BrF2NO2/c1-17(2,3)23-16(22)21(9-4-8-19)10-7-13-5-6-14(12-18)15(20)11-13/h5-6,11H,4,7-10,12H2,1-3H3. The van der Waals surface area contributed by atoms with E-state index in [1.165, 1.54) is 11.0 Å². The molecule has 0 aliphatic rings. The van der Waals surface area contributed by atoms with Crippen LogP contribution in [-0.2, 0) is 16.5 Å². The number of hydrogen-bond donors (Lipinski definition) is 0. The monoisotopic (exact) mass is 391 g/mol. The van der Waals surface area contributed by atoms with Crippen molar-refractivity contribution >= 4 is 22.0 Å². The molecule has 0 bridgehead atoms. The number of ether oxygens (including phenoxy) is 1. The Morgan fingerprint density at radius 3 is 2.52 bits per heavy atom. The highest BCUT2D eigenvalue weighted by Gasteiger charge is 2.21. The summed E-state index contributed by atoms with van der Waals surface area (Å²) in [7, 11) is 0. The molecule has 0 aromatic heterocycles. The van der Waals surface area contributed by atoms with Crippen LogP contribution in [0.5, 0.6) is 0 Å².